The molecule has 2 rings (SSSR count). The fourth-order valence-electron chi connectivity index (χ4n) is 4.55. The SMILES string of the molecule is CCCCCCCCCCCCOC(=O)CCCc1nc2cc(N(C(C)Cl)C(C)Cl)ccc2n1C. The Balaban J connectivity index is 1.67. The minimum atomic E-state index is -0.227. The summed E-state index contributed by atoms with van der Waals surface area (Å²) in [6.45, 7) is 6.61. The van der Waals surface area contributed by atoms with Gasteiger partial charge in [0, 0.05) is 25.6 Å². The van der Waals surface area contributed by atoms with Gasteiger partial charge in [-0.3, -0.25) is 4.79 Å². The van der Waals surface area contributed by atoms with E-state index >= 15 is 0 Å². The van der Waals surface area contributed by atoms with E-state index < -0.39 is 0 Å². The first-order chi connectivity index (χ1) is 16.8. The van der Waals surface area contributed by atoms with Gasteiger partial charge in [-0.2, -0.15) is 0 Å². The third-order valence-electron chi connectivity index (χ3n) is 6.56. The number of carbonyl (C=O) groups is 1. The average molecular weight is 527 g/mol. The van der Waals surface area contributed by atoms with Gasteiger partial charge in [0.1, 0.15) is 16.8 Å². The summed E-state index contributed by atoms with van der Waals surface area (Å²) in [6.07, 6.45) is 14.7. The van der Waals surface area contributed by atoms with Crippen LogP contribution in [0.25, 0.3) is 11.0 Å². The number of anilines is 1. The molecule has 2 atom stereocenters. The number of carbonyl (C=O) groups excluding carboxylic acids is 1. The maximum atomic E-state index is 12.1. The lowest BCUT2D eigenvalue weighted by molar-refractivity contribution is -0.143. The lowest BCUT2D eigenvalue weighted by atomic mass is 10.1. The first kappa shape index (κ1) is 29.8. The van der Waals surface area contributed by atoms with Crippen molar-refractivity contribution in [1.82, 2.24) is 9.55 Å². The highest BCUT2D eigenvalue weighted by atomic mass is 35.5. The van der Waals surface area contributed by atoms with Crippen LogP contribution in [0.15, 0.2) is 18.2 Å². The molecule has 2 aromatic rings. The number of hydrogen-bond donors (Lipinski definition) is 0. The number of nitrogens with zero attached hydrogens (tertiary/aromatic N) is 3. The van der Waals surface area contributed by atoms with Gasteiger partial charge in [-0.1, -0.05) is 87.9 Å². The van der Waals surface area contributed by atoms with Gasteiger partial charge in [0.15, 0.2) is 0 Å². The molecule has 0 bridgehead atoms. The molecule has 0 amide bonds. The van der Waals surface area contributed by atoms with Crippen LogP contribution >= 0.6 is 23.2 Å². The number of unbranched alkanes of at least 4 members (excludes halogenated alkanes) is 9. The molecule has 0 spiro atoms. The van der Waals surface area contributed by atoms with Crippen molar-refractivity contribution in [2.24, 2.45) is 7.05 Å². The highest BCUT2D eigenvalue weighted by Crippen LogP contribution is 2.28. The van der Waals surface area contributed by atoms with Crippen LogP contribution in [0, 0.1) is 0 Å². The van der Waals surface area contributed by atoms with Crippen molar-refractivity contribution in [3.63, 3.8) is 0 Å². The number of alkyl halides is 2. The van der Waals surface area contributed by atoms with Crippen molar-refractivity contribution in [1.29, 1.82) is 0 Å². The quantitative estimate of drug-likeness (QED) is 0.0848. The van der Waals surface area contributed by atoms with Crippen LogP contribution in [-0.4, -0.2) is 33.1 Å². The van der Waals surface area contributed by atoms with Gasteiger partial charge >= 0.3 is 5.97 Å². The molecule has 0 aliphatic rings. The fourth-order valence-corrected chi connectivity index (χ4v) is 5.18. The summed E-state index contributed by atoms with van der Waals surface area (Å²) in [5.74, 6) is 0.855. The maximum absolute atomic E-state index is 12.1. The van der Waals surface area contributed by atoms with Gasteiger partial charge in [0.05, 0.1) is 17.6 Å². The van der Waals surface area contributed by atoms with E-state index in [1.807, 2.05) is 44.0 Å². The number of benzene rings is 1. The van der Waals surface area contributed by atoms with E-state index in [-0.39, 0.29) is 17.0 Å². The van der Waals surface area contributed by atoms with Crippen LogP contribution in [0.3, 0.4) is 0 Å². The van der Waals surface area contributed by atoms with E-state index in [0.717, 1.165) is 48.2 Å². The molecule has 0 fully saturated rings. The van der Waals surface area contributed by atoms with Crippen molar-refractivity contribution in [2.45, 2.75) is 115 Å². The zero-order valence-electron chi connectivity index (χ0n) is 22.2. The number of aromatic nitrogens is 2. The lowest BCUT2D eigenvalue weighted by Gasteiger charge is -2.29. The summed E-state index contributed by atoms with van der Waals surface area (Å²) in [4.78, 5) is 18.9. The monoisotopic (exact) mass is 525 g/mol. The van der Waals surface area contributed by atoms with Crippen LogP contribution in [-0.2, 0) is 23.0 Å². The van der Waals surface area contributed by atoms with E-state index in [0.29, 0.717) is 13.0 Å². The molecular weight excluding hydrogens is 481 g/mol. The second kappa shape index (κ2) is 16.3. The number of halogens is 2. The smallest absolute Gasteiger partial charge is 0.305 e. The Labute approximate surface area is 222 Å². The third-order valence-corrected chi connectivity index (χ3v) is 6.98. The minimum absolute atomic E-state index is 0.107. The molecule has 5 nitrogen and oxygen atoms in total. The summed E-state index contributed by atoms with van der Waals surface area (Å²) in [5, 5.41) is 0. The molecule has 7 heteroatoms. The summed E-state index contributed by atoms with van der Waals surface area (Å²) in [7, 11) is 2.01. The molecule has 1 aromatic carbocycles. The topological polar surface area (TPSA) is 47.4 Å². The molecule has 0 radical (unpaired) electrons. The third kappa shape index (κ3) is 10.2. The highest BCUT2D eigenvalue weighted by Gasteiger charge is 2.19. The summed E-state index contributed by atoms with van der Waals surface area (Å²) < 4.78 is 7.52. The number of fused-ring (bicyclic) bond motifs is 1. The predicted octanol–water partition coefficient (Wildman–Crippen LogP) is 8.34. The van der Waals surface area contributed by atoms with Crippen molar-refractivity contribution in [3.8, 4) is 0 Å². The lowest BCUT2D eigenvalue weighted by Crippen LogP contribution is -2.34. The second-order valence-electron chi connectivity index (χ2n) is 9.57. The highest BCUT2D eigenvalue weighted by molar-refractivity contribution is 6.25. The zero-order valence-corrected chi connectivity index (χ0v) is 23.7. The molecule has 198 valence electrons. The fraction of sp³-hybridized carbons (Fsp3) is 0.714. The van der Waals surface area contributed by atoms with Crippen LogP contribution < -0.4 is 4.90 Å². The number of aryl methyl sites for hydroxylation is 2. The molecule has 0 saturated heterocycles. The van der Waals surface area contributed by atoms with Crippen molar-refractivity contribution in [3.05, 3.63) is 24.0 Å². The first-order valence-corrected chi connectivity index (χ1v) is 14.4. The van der Waals surface area contributed by atoms with Gasteiger partial charge < -0.3 is 14.2 Å². The number of esters is 1. The summed E-state index contributed by atoms with van der Waals surface area (Å²) in [6, 6.07) is 6.10. The van der Waals surface area contributed by atoms with Crippen molar-refractivity contribution in [2.75, 3.05) is 11.5 Å². The van der Waals surface area contributed by atoms with E-state index in [4.69, 9.17) is 32.9 Å². The molecular formula is C28H45Cl2N3O2. The number of ether oxygens (including phenoxy) is 1. The normalized spacial score (nSPS) is 13.2. The maximum Gasteiger partial charge on any atom is 0.305 e. The van der Waals surface area contributed by atoms with E-state index in [2.05, 4.69) is 11.5 Å². The number of rotatable bonds is 18. The molecule has 0 saturated carbocycles. The number of imidazole rings is 1. The second-order valence-corrected chi connectivity index (χ2v) is 10.8. The van der Waals surface area contributed by atoms with Crippen LogP contribution in [0.1, 0.15) is 104 Å². The van der Waals surface area contributed by atoms with E-state index in [1.165, 1.54) is 51.4 Å². The average Bonchev–Trinajstić information content (AvgIpc) is 3.11. The largest absolute Gasteiger partial charge is 0.466 e. The van der Waals surface area contributed by atoms with E-state index in [9.17, 15) is 4.79 Å². The Morgan fingerprint density at radius 2 is 1.57 bits per heavy atom. The number of hydrogen-bond acceptors (Lipinski definition) is 4. The minimum Gasteiger partial charge on any atom is -0.466 e. The summed E-state index contributed by atoms with van der Waals surface area (Å²) in [5.41, 5.74) is 2.45. The molecule has 1 heterocycles. The van der Waals surface area contributed by atoms with Gasteiger partial charge in [-0.15, -0.1) is 0 Å². The van der Waals surface area contributed by atoms with Gasteiger partial charge in [0.25, 0.3) is 0 Å². The Kier molecular flexibility index (Phi) is 13.9. The van der Waals surface area contributed by atoms with Crippen LogP contribution in [0.2, 0.25) is 0 Å². The summed E-state index contributed by atoms with van der Waals surface area (Å²) >= 11 is 12.6. The predicted molar refractivity (Wildman–Crippen MR) is 150 cm³/mol. The molecule has 35 heavy (non-hydrogen) atoms. The molecule has 1 aromatic heterocycles. The molecule has 0 aliphatic heterocycles. The first-order valence-electron chi connectivity index (χ1n) is 13.5. The van der Waals surface area contributed by atoms with Crippen LogP contribution in [0.4, 0.5) is 5.69 Å². The van der Waals surface area contributed by atoms with Crippen molar-refractivity contribution >= 4 is 45.9 Å². The van der Waals surface area contributed by atoms with Gasteiger partial charge in [0.2, 0.25) is 0 Å². The van der Waals surface area contributed by atoms with E-state index in [1.54, 1.807) is 0 Å². The Bertz CT molecular complexity index is 874. The van der Waals surface area contributed by atoms with Crippen LogP contribution in [0.5, 0.6) is 0 Å². The molecule has 0 N–H and O–H groups in total. The zero-order chi connectivity index (χ0) is 25.6. The van der Waals surface area contributed by atoms with Gasteiger partial charge in [-0.05, 0) is 44.9 Å². The van der Waals surface area contributed by atoms with Gasteiger partial charge in [-0.25, -0.2) is 4.98 Å². The molecule has 0 aliphatic carbocycles. The standard InChI is InChI=1S/C28H45Cl2N3O2/c1-5-6-7-8-9-10-11-12-13-14-20-35-28(34)17-15-16-27-31-25-21-24(18-19-26(25)32(27)4)33(22(2)29)23(3)30/h18-19,21-23H,5-17,20H2,1-4H3. The Morgan fingerprint density at radius 1 is 0.971 bits per heavy atom. The Hall–Kier alpha value is -1.46. The Morgan fingerprint density at radius 3 is 2.17 bits per heavy atom. The van der Waals surface area contributed by atoms with Crippen molar-refractivity contribution < 1.29 is 9.53 Å². The molecule has 2 unspecified atom stereocenters.